The van der Waals surface area contributed by atoms with Crippen molar-refractivity contribution in [2.24, 2.45) is 23.5 Å². The predicted octanol–water partition coefficient (Wildman–Crippen LogP) is 2.12. The summed E-state index contributed by atoms with van der Waals surface area (Å²) in [4.78, 5) is 12.2. The van der Waals surface area contributed by atoms with Gasteiger partial charge in [0.25, 0.3) is 0 Å². The summed E-state index contributed by atoms with van der Waals surface area (Å²) in [6.45, 7) is 0.204. The van der Waals surface area contributed by atoms with Gasteiger partial charge in [-0.2, -0.15) is 0 Å². The zero-order valence-electron chi connectivity index (χ0n) is 11.2. The number of fused-ring (bicyclic) bond motifs is 1. The molecule has 0 spiro atoms. The van der Waals surface area contributed by atoms with Crippen molar-refractivity contribution in [1.29, 1.82) is 0 Å². The molecule has 1 aromatic rings. The Bertz CT molecular complexity index is 592. The van der Waals surface area contributed by atoms with Crippen molar-refractivity contribution in [3.63, 3.8) is 0 Å². The Morgan fingerprint density at radius 3 is 2.80 bits per heavy atom. The summed E-state index contributed by atoms with van der Waals surface area (Å²) < 4.78 is 13.3. The van der Waals surface area contributed by atoms with Gasteiger partial charge in [-0.1, -0.05) is 11.8 Å². The number of anilines is 1. The van der Waals surface area contributed by atoms with E-state index in [-0.39, 0.29) is 24.2 Å². The zero-order valence-corrected chi connectivity index (χ0v) is 11.2. The molecule has 2 unspecified atom stereocenters. The maximum Gasteiger partial charge on any atom is 0.227 e. The molecule has 0 bridgehead atoms. The van der Waals surface area contributed by atoms with E-state index in [4.69, 9.17) is 5.73 Å². The van der Waals surface area contributed by atoms with E-state index in [9.17, 15) is 9.18 Å². The van der Waals surface area contributed by atoms with Crippen molar-refractivity contribution < 1.29 is 9.18 Å². The normalized spacial score (nSPS) is 26.4. The molecular formula is C16H17FN2O. The van der Waals surface area contributed by atoms with Crippen LogP contribution in [-0.4, -0.2) is 12.5 Å². The van der Waals surface area contributed by atoms with E-state index in [0.29, 0.717) is 11.3 Å². The van der Waals surface area contributed by atoms with Crippen LogP contribution in [0.25, 0.3) is 0 Å². The molecule has 1 amide bonds. The van der Waals surface area contributed by atoms with Gasteiger partial charge < -0.3 is 11.1 Å². The van der Waals surface area contributed by atoms with Crippen LogP contribution in [0.2, 0.25) is 0 Å². The monoisotopic (exact) mass is 272 g/mol. The lowest BCUT2D eigenvalue weighted by molar-refractivity contribution is -0.120. The highest BCUT2D eigenvalue weighted by Gasteiger charge is 2.48. The maximum absolute atomic E-state index is 13.3. The molecule has 1 aromatic carbocycles. The molecule has 3 nitrogen and oxygen atoms in total. The van der Waals surface area contributed by atoms with Crippen LogP contribution < -0.4 is 11.1 Å². The average Bonchev–Trinajstić information content (AvgIpc) is 3.05. The molecule has 2 atom stereocenters. The van der Waals surface area contributed by atoms with Crippen molar-refractivity contribution in [2.75, 3.05) is 11.9 Å². The number of benzene rings is 1. The van der Waals surface area contributed by atoms with Crippen molar-refractivity contribution >= 4 is 11.6 Å². The Balaban J connectivity index is 1.74. The third-order valence-electron chi connectivity index (χ3n) is 4.18. The van der Waals surface area contributed by atoms with Crippen molar-refractivity contribution in [2.45, 2.75) is 19.3 Å². The van der Waals surface area contributed by atoms with Gasteiger partial charge in [0.2, 0.25) is 5.91 Å². The van der Waals surface area contributed by atoms with E-state index in [1.807, 2.05) is 0 Å². The quantitative estimate of drug-likeness (QED) is 0.810. The molecule has 0 heterocycles. The highest BCUT2D eigenvalue weighted by Crippen LogP contribution is 2.54. The van der Waals surface area contributed by atoms with Crippen LogP contribution in [0.3, 0.4) is 0 Å². The SMILES string of the molecule is NCC#Cc1cc(F)ccc1NC(=O)C1CC2CC2C1. The minimum absolute atomic E-state index is 0.0274. The average molecular weight is 272 g/mol. The standard InChI is InChI=1S/C16H17FN2O/c17-14-3-4-15(10(9-14)2-1-5-18)19-16(20)13-7-11-6-12(11)8-13/h3-4,9,11-13H,5-8,18H2,(H,19,20). The predicted molar refractivity (Wildman–Crippen MR) is 75.3 cm³/mol. The summed E-state index contributed by atoms with van der Waals surface area (Å²) in [5, 5.41) is 2.88. The smallest absolute Gasteiger partial charge is 0.227 e. The molecule has 2 fully saturated rings. The fraction of sp³-hybridized carbons (Fsp3) is 0.438. The van der Waals surface area contributed by atoms with Crippen molar-refractivity contribution in [1.82, 2.24) is 0 Å². The summed E-state index contributed by atoms with van der Waals surface area (Å²) >= 11 is 0. The van der Waals surface area contributed by atoms with Gasteiger partial charge in [-0.25, -0.2) is 4.39 Å². The molecule has 0 radical (unpaired) electrons. The number of halogens is 1. The number of amides is 1. The van der Waals surface area contributed by atoms with Crippen molar-refractivity contribution in [3.8, 4) is 11.8 Å². The van der Waals surface area contributed by atoms with E-state index in [1.54, 1.807) is 6.07 Å². The van der Waals surface area contributed by atoms with E-state index < -0.39 is 0 Å². The van der Waals surface area contributed by atoms with Crippen LogP contribution in [0.4, 0.5) is 10.1 Å². The van der Waals surface area contributed by atoms with Crippen LogP contribution in [0.5, 0.6) is 0 Å². The molecular weight excluding hydrogens is 255 g/mol. The highest BCUT2D eigenvalue weighted by atomic mass is 19.1. The molecule has 3 rings (SSSR count). The summed E-state index contributed by atoms with van der Waals surface area (Å²) in [5.41, 5.74) is 6.38. The Hall–Kier alpha value is -1.86. The summed E-state index contributed by atoms with van der Waals surface area (Å²) in [7, 11) is 0. The van der Waals surface area contributed by atoms with E-state index in [2.05, 4.69) is 17.2 Å². The maximum atomic E-state index is 13.3. The summed E-state index contributed by atoms with van der Waals surface area (Å²) in [5.74, 6) is 6.76. The van der Waals surface area contributed by atoms with E-state index >= 15 is 0 Å². The third-order valence-corrected chi connectivity index (χ3v) is 4.18. The first-order valence-electron chi connectivity index (χ1n) is 6.96. The lowest BCUT2D eigenvalue weighted by atomic mass is 10.0. The first-order valence-corrected chi connectivity index (χ1v) is 6.96. The van der Waals surface area contributed by atoms with Crippen LogP contribution in [0.1, 0.15) is 24.8 Å². The highest BCUT2D eigenvalue weighted by molar-refractivity contribution is 5.94. The largest absolute Gasteiger partial charge is 0.325 e. The molecule has 2 aliphatic carbocycles. The molecule has 3 N–H and O–H groups in total. The summed E-state index contributed by atoms with van der Waals surface area (Å²) in [6, 6.07) is 4.21. The Labute approximate surface area is 117 Å². The van der Waals surface area contributed by atoms with Crippen LogP contribution in [0.15, 0.2) is 18.2 Å². The molecule has 4 heteroatoms. The fourth-order valence-electron chi connectivity index (χ4n) is 3.04. The van der Waals surface area contributed by atoms with Gasteiger partial charge >= 0.3 is 0 Å². The Morgan fingerprint density at radius 1 is 1.35 bits per heavy atom. The zero-order chi connectivity index (χ0) is 14.1. The number of rotatable bonds is 2. The van der Waals surface area contributed by atoms with Crippen LogP contribution in [0, 0.1) is 35.4 Å². The Kier molecular flexibility index (Phi) is 3.45. The minimum Gasteiger partial charge on any atom is -0.325 e. The van der Waals surface area contributed by atoms with E-state index in [1.165, 1.54) is 18.6 Å². The molecule has 0 aromatic heterocycles. The number of hydrogen-bond donors (Lipinski definition) is 2. The van der Waals surface area contributed by atoms with Gasteiger partial charge in [0, 0.05) is 5.92 Å². The number of nitrogens with one attached hydrogen (secondary N) is 1. The number of carbonyl (C=O) groups is 1. The van der Waals surface area contributed by atoms with Gasteiger partial charge in [-0.05, 0) is 49.3 Å². The fourth-order valence-corrected chi connectivity index (χ4v) is 3.04. The van der Waals surface area contributed by atoms with Gasteiger partial charge in [-0.3, -0.25) is 4.79 Å². The van der Waals surface area contributed by atoms with Gasteiger partial charge in [0.15, 0.2) is 0 Å². The lowest BCUT2D eigenvalue weighted by Crippen LogP contribution is -2.22. The molecule has 0 saturated heterocycles. The first-order chi connectivity index (χ1) is 9.67. The molecule has 104 valence electrons. The number of nitrogens with two attached hydrogens (primary N) is 1. The molecule has 20 heavy (non-hydrogen) atoms. The van der Waals surface area contributed by atoms with Crippen molar-refractivity contribution in [3.05, 3.63) is 29.6 Å². The number of carbonyl (C=O) groups excluding carboxylic acids is 1. The van der Waals surface area contributed by atoms with Gasteiger partial charge in [0.05, 0.1) is 17.8 Å². The van der Waals surface area contributed by atoms with Gasteiger partial charge in [0.1, 0.15) is 5.82 Å². The molecule has 0 aliphatic heterocycles. The molecule has 2 saturated carbocycles. The Morgan fingerprint density at radius 2 is 2.10 bits per heavy atom. The summed E-state index contributed by atoms with van der Waals surface area (Å²) in [6.07, 6.45) is 3.26. The first kappa shape index (κ1) is 13.1. The van der Waals surface area contributed by atoms with Crippen LogP contribution in [-0.2, 0) is 4.79 Å². The topological polar surface area (TPSA) is 55.1 Å². The number of hydrogen-bond acceptors (Lipinski definition) is 2. The second-order valence-electron chi connectivity index (χ2n) is 5.61. The second kappa shape index (κ2) is 5.26. The third kappa shape index (κ3) is 2.68. The lowest BCUT2D eigenvalue weighted by Gasteiger charge is -2.13. The minimum atomic E-state index is -0.369. The van der Waals surface area contributed by atoms with Gasteiger partial charge in [-0.15, -0.1) is 0 Å². The van der Waals surface area contributed by atoms with Crippen LogP contribution >= 0.6 is 0 Å². The second-order valence-corrected chi connectivity index (χ2v) is 5.61. The molecule has 2 aliphatic rings. The van der Waals surface area contributed by atoms with E-state index in [0.717, 1.165) is 24.7 Å².